The van der Waals surface area contributed by atoms with E-state index in [9.17, 15) is 9.59 Å². The lowest BCUT2D eigenvalue weighted by atomic mass is 9.94. The van der Waals surface area contributed by atoms with E-state index in [1.807, 2.05) is 28.0 Å². The van der Waals surface area contributed by atoms with Crippen molar-refractivity contribution < 1.29 is 14.3 Å². The van der Waals surface area contributed by atoms with Crippen molar-refractivity contribution in [3.05, 3.63) is 29.8 Å². The van der Waals surface area contributed by atoms with Crippen LogP contribution in [0.3, 0.4) is 0 Å². The van der Waals surface area contributed by atoms with Crippen LogP contribution in [0.5, 0.6) is 5.75 Å². The number of amides is 2. The predicted molar refractivity (Wildman–Crippen MR) is 114 cm³/mol. The molecule has 0 bridgehead atoms. The molecule has 6 heteroatoms. The van der Waals surface area contributed by atoms with Gasteiger partial charge in [-0.1, -0.05) is 18.9 Å². The summed E-state index contributed by atoms with van der Waals surface area (Å²) in [6.07, 6.45) is 4.73. The number of hydrogen-bond donors (Lipinski definition) is 0. The fourth-order valence-corrected chi connectivity index (χ4v) is 4.79. The van der Waals surface area contributed by atoms with Crippen molar-refractivity contribution >= 4 is 11.8 Å². The first-order valence-electron chi connectivity index (χ1n) is 11.0. The van der Waals surface area contributed by atoms with Gasteiger partial charge in [-0.15, -0.1) is 0 Å². The van der Waals surface area contributed by atoms with Gasteiger partial charge in [-0.2, -0.15) is 0 Å². The first-order chi connectivity index (χ1) is 14.1. The van der Waals surface area contributed by atoms with Crippen LogP contribution in [-0.2, 0) is 4.79 Å². The van der Waals surface area contributed by atoms with Crippen molar-refractivity contribution in [1.82, 2.24) is 14.7 Å². The van der Waals surface area contributed by atoms with Gasteiger partial charge in [0.05, 0.1) is 13.2 Å². The Labute approximate surface area is 174 Å². The summed E-state index contributed by atoms with van der Waals surface area (Å²) >= 11 is 0. The highest BCUT2D eigenvalue weighted by Crippen LogP contribution is 2.32. The first kappa shape index (κ1) is 21.6. The Hall–Kier alpha value is -2.08. The maximum Gasteiger partial charge on any atom is 0.254 e. The number of nitrogens with zero attached hydrogens (tertiary/aromatic N) is 3. The van der Waals surface area contributed by atoms with Crippen LogP contribution in [0.1, 0.15) is 49.9 Å². The van der Waals surface area contributed by atoms with Crippen LogP contribution in [0, 0.1) is 5.92 Å². The molecule has 1 aromatic rings. The third kappa shape index (κ3) is 4.92. The smallest absolute Gasteiger partial charge is 0.254 e. The van der Waals surface area contributed by atoms with Crippen LogP contribution in [0.2, 0.25) is 0 Å². The lowest BCUT2D eigenvalue weighted by Gasteiger charge is -2.42. The van der Waals surface area contributed by atoms with Gasteiger partial charge in [0.1, 0.15) is 5.75 Å². The van der Waals surface area contributed by atoms with E-state index in [4.69, 9.17) is 4.74 Å². The van der Waals surface area contributed by atoms with Crippen molar-refractivity contribution in [3.8, 4) is 5.75 Å². The third-order valence-corrected chi connectivity index (χ3v) is 6.49. The van der Waals surface area contributed by atoms with Gasteiger partial charge in [-0.3, -0.25) is 14.5 Å². The molecule has 3 rings (SSSR count). The Bertz CT molecular complexity index is 690. The van der Waals surface area contributed by atoms with Gasteiger partial charge in [0.25, 0.3) is 5.91 Å². The normalized spacial score (nSPS) is 19.2. The molecule has 2 aliphatic rings. The minimum atomic E-state index is -0.0357. The Kier molecular flexibility index (Phi) is 7.53. The third-order valence-electron chi connectivity index (χ3n) is 6.49. The fraction of sp³-hybridized carbons (Fsp3) is 0.652. The quantitative estimate of drug-likeness (QED) is 0.705. The zero-order chi connectivity index (χ0) is 20.8. The van der Waals surface area contributed by atoms with Gasteiger partial charge >= 0.3 is 0 Å². The lowest BCUT2D eigenvalue weighted by Crippen LogP contribution is -2.58. The van der Waals surface area contributed by atoms with E-state index in [1.165, 1.54) is 12.8 Å². The van der Waals surface area contributed by atoms with Gasteiger partial charge in [0.2, 0.25) is 5.91 Å². The van der Waals surface area contributed by atoms with E-state index < -0.39 is 0 Å². The molecule has 29 heavy (non-hydrogen) atoms. The van der Waals surface area contributed by atoms with Crippen molar-refractivity contribution in [2.24, 2.45) is 5.92 Å². The van der Waals surface area contributed by atoms with E-state index in [0.717, 1.165) is 39.0 Å². The van der Waals surface area contributed by atoms with Crippen molar-refractivity contribution in [1.29, 1.82) is 0 Å². The van der Waals surface area contributed by atoms with Gasteiger partial charge in [0.15, 0.2) is 0 Å². The van der Waals surface area contributed by atoms with Gasteiger partial charge in [0, 0.05) is 44.8 Å². The largest absolute Gasteiger partial charge is 0.497 e. The van der Waals surface area contributed by atoms with Crippen LogP contribution in [-0.4, -0.2) is 78.9 Å². The lowest BCUT2D eigenvalue weighted by molar-refractivity contribution is -0.139. The second-order valence-electron chi connectivity index (χ2n) is 8.06. The topological polar surface area (TPSA) is 53.1 Å². The fourth-order valence-electron chi connectivity index (χ4n) is 4.79. The van der Waals surface area contributed by atoms with Gasteiger partial charge in [-0.05, 0) is 50.8 Å². The molecule has 0 radical (unpaired) electrons. The average Bonchev–Trinajstić information content (AvgIpc) is 3.29. The summed E-state index contributed by atoms with van der Waals surface area (Å²) in [6.45, 7) is 8.44. The zero-order valence-electron chi connectivity index (χ0n) is 18.1. The zero-order valence-corrected chi connectivity index (χ0v) is 18.1. The monoisotopic (exact) mass is 401 g/mol. The molecule has 0 aromatic heterocycles. The number of likely N-dealkylation sites (N-methyl/N-ethyl adjacent to an activating group) is 1. The molecule has 1 heterocycles. The second-order valence-corrected chi connectivity index (χ2v) is 8.06. The SMILES string of the molecule is CCN(CC)C(=O)C(C1CCCC1)N1CCN(C(=O)c2cccc(OC)c2)CC1. The van der Waals surface area contributed by atoms with E-state index in [0.29, 0.717) is 30.3 Å². The number of ether oxygens (including phenoxy) is 1. The number of benzene rings is 1. The molecule has 1 atom stereocenters. The Morgan fingerprint density at radius 3 is 2.34 bits per heavy atom. The molecule has 6 nitrogen and oxygen atoms in total. The van der Waals surface area contributed by atoms with Crippen LogP contribution in [0.25, 0.3) is 0 Å². The molecule has 1 saturated carbocycles. The van der Waals surface area contributed by atoms with Crippen LogP contribution in [0.4, 0.5) is 0 Å². The highest BCUT2D eigenvalue weighted by atomic mass is 16.5. The summed E-state index contributed by atoms with van der Waals surface area (Å²) < 4.78 is 5.25. The number of rotatable bonds is 7. The van der Waals surface area contributed by atoms with Crippen molar-refractivity contribution in [2.45, 2.75) is 45.6 Å². The van der Waals surface area contributed by atoms with E-state index >= 15 is 0 Å². The average molecular weight is 402 g/mol. The maximum absolute atomic E-state index is 13.3. The van der Waals surface area contributed by atoms with Gasteiger partial charge in [-0.25, -0.2) is 0 Å². The summed E-state index contributed by atoms with van der Waals surface area (Å²) in [5, 5.41) is 0. The number of piperazine rings is 1. The highest BCUT2D eigenvalue weighted by molar-refractivity contribution is 5.94. The standard InChI is InChI=1S/C23H35N3O3/c1-4-24(5-2)23(28)21(18-9-6-7-10-18)25-13-15-26(16-14-25)22(27)19-11-8-12-20(17-19)29-3/h8,11-12,17-18,21H,4-7,9-10,13-16H2,1-3H3. The summed E-state index contributed by atoms with van der Waals surface area (Å²) in [5.41, 5.74) is 0.657. The highest BCUT2D eigenvalue weighted by Gasteiger charge is 2.38. The molecule has 1 unspecified atom stereocenters. The molecule has 2 amide bonds. The number of carbonyl (C=O) groups excluding carboxylic acids is 2. The first-order valence-corrected chi connectivity index (χ1v) is 11.0. The second kappa shape index (κ2) is 10.1. The number of hydrogen-bond acceptors (Lipinski definition) is 4. The summed E-state index contributed by atoms with van der Waals surface area (Å²) in [4.78, 5) is 32.4. The maximum atomic E-state index is 13.3. The Balaban J connectivity index is 1.67. The molecule has 2 fully saturated rings. The molecule has 1 saturated heterocycles. The molecule has 1 aromatic carbocycles. The van der Waals surface area contributed by atoms with E-state index in [2.05, 4.69) is 18.7 Å². The minimum Gasteiger partial charge on any atom is -0.497 e. The summed E-state index contributed by atoms with van der Waals surface area (Å²) in [5.74, 6) is 1.45. The summed E-state index contributed by atoms with van der Waals surface area (Å²) in [6, 6.07) is 7.29. The number of carbonyl (C=O) groups is 2. The Morgan fingerprint density at radius 2 is 1.76 bits per heavy atom. The summed E-state index contributed by atoms with van der Waals surface area (Å²) in [7, 11) is 1.61. The van der Waals surface area contributed by atoms with E-state index in [-0.39, 0.29) is 17.9 Å². The molecular formula is C23H35N3O3. The van der Waals surface area contributed by atoms with Crippen LogP contribution in [0.15, 0.2) is 24.3 Å². The van der Waals surface area contributed by atoms with Gasteiger partial charge < -0.3 is 14.5 Å². The Morgan fingerprint density at radius 1 is 1.10 bits per heavy atom. The number of methoxy groups -OCH3 is 1. The molecule has 1 aliphatic heterocycles. The molecular weight excluding hydrogens is 366 g/mol. The molecule has 1 aliphatic carbocycles. The van der Waals surface area contributed by atoms with Crippen molar-refractivity contribution in [3.63, 3.8) is 0 Å². The molecule has 0 N–H and O–H groups in total. The predicted octanol–water partition coefficient (Wildman–Crippen LogP) is 2.88. The molecule has 160 valence electrons. The van der Waals surface area contributed by atoms with E-state index in [1.54, 1.807) is 13.2 Å². The molecule has 0 spiro atoms. The van der Waals surface area contributed by atoms with Crippen LogP contribution < -0.4 is 4.74 Å². The van der Waals surface area contributed by atoms with Crippen molar-refractivity contribution in [2.75, 3.05) is 46.4 Å². The minimum absolute atomic E-state index is 0.0357. The van der Waals surface area contributed by atoms with Crippen LogP contribution >= 0.6 is 0 Å².